The lowest BCUT2D eigenvalue weighted by atomic mass is 10.00. The number of methoxy groups -OCH3 is 2. The molecule has 0 aliphatic carbocycles. The quantitative estimate of drug-likeness (QED) is 0.749. The van der Waals surface area contributed by atoms with Crippen molar-refractivity contribution in [1.29, 1.82) is 0 Å². The van der Waals surface area contributed by atoms with Gasteiger partial charge in [0.1, 0.15) is 11.3 Å². The molecule has 150 valence electrons. The molecule has 1 saturated heterocycles. The van der Waals surface area contributed by atoms with Gasteiger partial charge >= 0.3 is 5.97 Å². The zero-order chi connectivity index (χ0) is 19.2. The summed E-state index contributed by atoms with van der Waals surface area (Å²) in [6, 6.07) is 12.9. The van der Waals surface area contributed by atoms with Crippen LogP contribution in [0.3, 0.4) is 0 Å². The van der Waals surface area contributed by atoms with Crippen molar-refractivity contribution < 1.29 is 19.1 Å². The van der Waals surface area contributed by atoms with Crippen LogP contribution in [0, 0.1) is 0 Å². The second kappa shape index (κ2) is 10.1. The van der Waals surface area contributed by atoms with Crippen LogP contribution >= 0.6 is 12.4 Å². The Kier molecular flexibility index (Phi) is 7.84. The second-order valence-electron chi connectivity index (χ2n) is 6.49. The Labute approximate surface area is 171 Å². The van der Waals surface area contributed by atoms with E-state index in [0.29, 0.717) is 16.9 Å². The fourth-order valence-corrected chi connectivity index (χ4v) is 3.22. The molecule has 1 fully saturated rings. The van der Waals surface area contributed by atoms with Crippen LogP contribution in [0.15, 0.2) is 42.5 Å². The van der Waals surface area contributed by atoms with Crippen LogP contribution < -0.4 is 15.4 Å². The summed E-state index contributed by atoms with van der Waals surface area (Å²) in [5, 5.41) is 6.39. The summed E-state index contributed by atoms with van der Waals surface area (Å²) in [6.45, 7) is 1.86. The molecular weight excluding hydrogens is 380 g/mol. The van der Waals surface area contributed by atoms with E-state index in [9.17, 15) is 9.59 Å². The summed E-state index contributed by atoms with van der Waals surface area (Å²) in [4.78, 5) is 24.4. The van der Waals surface area contributed by atoms with Gasteiger partial charge in [-0.25, -0.2) is 4.79 Å². The van der Waals surface area contributed by atoms with E-state index >= 15 is 0 Å². The van der Waals surface area contributed by atoms with Gasteiger partial charge in [-0.1, -0.05) is 18.2 Å². The van der Waals surface area contributed by atoms with E-state index in [1.807, 2.05) is 24.3 Å². The molecule has 1 aliphatic heterocycles. The van der Waals surface area contributed by atoms with Crippen molar-refractivity contribution in [3.05, 3.63) is 53.6 Å². The molecule has 0 atom stereocenters. The Bertz CT molecular complexity index is 835. The summed E-state index contributed by atoms with van der Waals surface area (Å²) < 4.78 is 10.1. The van der Waals surface area contributed by atoms with Crippen LogP contribution in [0.1, 0.15) is 33.6 Å². The number of hydrogen-bond donors (Lipinski definition) is 2. The van der Waals surface area contributed by atoms with Crippen molar-refractivity contribution in [3.63, 3.8) is 0 Å². The summed E-state index contributed by atoms with van der Waals surface area (Å²) >= 11 is 0. The lowest BCUT2D eigenvalue weighted by Crippen LogP contribution is -2.42. The number of carbonyl (C=O) groups is 2. The van der Waals surface area contributed by atoms with Crippen LogP contribution in [0.25, 0.3) is 11.1 Å². The van der Waals surface area contributed by atoms with Crippen molar-refractivity contribution in [1.82, 2.24) is 10.6 Å². The molecular formula is C21H25ClN2O4. The van der Waals surface area contributed by atoms with E-state index in [1.54, 1.807) is 18.2 Å². The van der Waals surface area contributed by atoms with Crippen LogP contribution in [-0.2, 0) is 4.74 Å². The highest BCUT2D eigenvalue weighted by Gasteiger charge is 2.17. The SMILES string of the molecule is COC(=O)c1ccc(-c2cccc(C(=O)NC3CCNCC3)c2)cc1OC.Cl. The summed E-state index contributed by atoms with van der Waals surface area (Å²) in [5.41, 5.74) is 2.71. The van der Waals surface area contributed by atoms with E-state index in [1.165, 1.54) is 14.2 Å². The molecule has 6 nitrogen and oxygen atoms in total. The Hall–Kier alpha value is -2.57. The van der Waals surface area contributed by atoms with E-state index in [2.05, 4.69) is 10.6 Å². The first-order chi connectivity index (χ1) is 13.1. The number of esters is 1. The van der Waals surface area contributed by atoms with Crippen LogP contribution in [0.5, 0.6) is 5.75 Å². The van der Waals surface area contributed by atoms with Gasteiger partial charge in [-0.15, -0.1) is 12.4 Å². The highest BCUT2D eigenvalue weighted by molar-refractivity contribution is 5.96. The first-order valence-corrected chi connectivity index (χ1v) is 9.00. The molecule has 2 N–H and O–H groups in total. The Morgan fingerprint density at radius 1 is 1.04 bits per heavy atom. The first kappa shape index (κ1) is 21.7. The minimum absolute atomic E-state index is 0. The van der Waals surface area contributed by atoms with E-state index in [4.69, 9.17) is 9.47 Å². The normalized spacial score (nSPS) is 13.9. The standard InChI is InChI=1S/C21H24N2O4.ClH/c1-26-19-13-15(6-7-18(19)21(25)27-2)14-4-3-5-16(12-14)20(24)23-17-8-10-22-11-9-17;/h3-7,12-13,17,22H,8-11H2,1-2H3,(H,23,24);1H. The number of benzene rings is 2. The van der Waals surface area contributed by atoms with Crippen LogP contribution in [0.4, 0.5) is 0 Å². The van der Waals surface area contributed by atoms with Gasteiger partial charge in [-0.2, -0.15) is 0 Å². The van der Waals surface area contributed by atoms with Crippen LogP contribution in [0.2, 0.25) is 0 Å². The molecule has 28 heavy (non-hydrogen) atoms. The van der Waals surface area contributed by atoms with E-state index < -0.39 is 5.97 Å². The maximum atomic E-state index is 12.6. The van der Waals surface area contributed by atoms with Gasteiger partial charge < -0.3 is 20.1 Å². The van der Waals surface area contributed by atoms with Crippen molar-refractivity contribution in [2.45, 2.75) is 18.9 Å². The molecule has 0 bridgehead atoms. The molecule has 0 saturated carbocycles. The molecule has 1 heterocycles. The van der Waals surface area contributed by atoms with Gasteiger partial charge in [0.2, 0.25) is 0 Å². The van der Waals surface area contributed by atoms with Gasteiger partial charge in [0.25, 0.3) is 5.91 Å². The number of halogens is 1. The van der Waals surface area contributed by atoms with Crippen LogP contribution in [-0.4, -0.2) is 45.2 Å². The molecule has 0 radical (unpaired) electrons. The second-order valence-corrected chi connectivity index (χ2v) is 6.49. The molecule has 0 spiro atoms. The smallest absolute Gasteiger partial charge is 0.341 e. The molecule has 1 amide bonds. The Morgan fingerprint density at radius 2 is 1.75 bits per heavy atom. The maximum Gasteiger partial charge on any atom is 0.341 e. The summed E-state index contributed by atoms with van der Waals surface area (Å²) in [5.74, 6) is -0.0840. The Balaban J connectivity index is 0.00000280. The number of piperidine rings is 1. The lowest BCUT2D eigenvalue weighted by molar-refractivity contribution is 0.0597. The zero-order valence-electron chi connectivity index (χ0n) is 16.0. The maximum absolute atomic E-state index is 12.6. The molecule has 2 aromatic carbocycles. The van der Waals surface area contributed by atoms with Crippen molar-refractivity contribution in [2.75, 3.05) is 27.3 Å². The monoisotopic (exact) mass is 404 g/mol. The van der Waals surface area contributed by atoms with Gasteiger partial charge in [0, 0.05) is 11.6 Å². The first-order valence-electron chi connectivity index (χ1n) is 9.00. The molecule has 1 aliphatic rings. The van der Waals surface area contributed by atoms with E-state index in [0.717, 1.165) is 37.1 Å². The third-order valence-electron chi connectivity index (χ3n) is 4.74. The van der Waals surface area contributed by atoms with Gasteiger partial charge in [-0.3, -0.25) is 4.79 Å². The minimum Gasteiger partial charge on any atom is -0.496 e. The van der Waals surface area contributed by atoms with Crippen molar-refractivity contribution >= 4 is 24.3 Å². The molecule has 7 heteroatoms. The molecule has 2 aromatic rings. The molecule has 0 unspecified atom stereocenters. The summed E-state index contributed by atoms with van der Waals surface area (Å²) in [6.07, 6.45) is 1.88. The highest BCUT2D eigenvalue weighted by Crippen LogP contribution is 2.28. The number of nitrogens with one attached hydrogen (secondary N) is 2. The van der Waals surface area contributed by atoms with E-state index in [-0.39, 0.29) is 24.4 Å². The Morgan fingerprint density at radius 3 is 2.43 bits per heavy atom. The third-order valence-corrected chi connectivity index (χ3v) is 4.74. The van der Waals surface area contributed by atoms with Crippen molar-refractivity contribution in [3.8, 4) is 16.9 Å². The zero-order valence-corrected chi connectivity index (χ0v) is 16.8. The number of amides is 1. The van der Waals surface area contributed by atoms with Crippen molar-refractivity contribution in [2.24, 2.45) is 0 Å². The predicted octanol–water partition coefficient (Wildman–Crippen LogP) is 3.05. The largest absolute Gasteiger partial charge is 0.496 e. The number of ether oxygens (including phenoxy) is 2. The average Bonchev–Trinajstić information content (AvgIpc) is 2.73. The summed E-state index contributed by atoms with van der Waals surface area (Å²) in [7, 11) is 2.84. The number of carbonyl (C=O) groups excluding carboxylic acids is 2. The number of rotatable bonds is 5. The highest BCUT2D eigenvalue weighted by atomic mass is 35.5. The minimum atomic E-state index is -0.450. The van der Waals surface area contributed by atoms with Gasteiger partial charge in [0.15, 0.2) is 0 Å². The van der Waals surface area contributed by atoms with Gasteiger partial charge in [-0.05, 0) is 61.3 Å². The average molecular weight is 405 g/mol. The van der Waals surface area contributed by atoms with Gasteiger partial charge in [0.05, 0.1) is 14.2 Å². The topological polar surface area (TPSA) is 76.7 Å². The third kappa shape index (κ3) is 5.03. The molecule has 3 rings (SSSR count). The fraction of sp³-hybridized carbons (Fsp3) is 0.333. The lowest BCUT2D eigenvalue weighted by Gasteiger charge is -2.23. The molecule has 0 aromatic heterocycles. The fourth-order valence-electron chi connectivity index (χ4n) is 3.22. The number of hydrogen-bond acceptors (Lipinski definition) is 5. The predicted molar refractivity (Wildman–Crippen MR) is 110 cm³/mol.